The molecule has 1 aliphatic heterocycles. The minimum atomic E-state index is -3.90. The van der Waals surface area contributed by atoms with Crippen molar-refractivity contribution in [2.24, 2.45) is 0 Å². The van der Waals surface area contributed by atoms with Crippen LogP contribution in [0, 0.1) is 0 Å². The Hall–Kier alpha value is -2.87. The Morgan fingerprint density at radius 1 is 1.04 bits per heavy atom. The van der Waals surface area contributed by atoms with Crippen molar-refractivity contribution >= 4 is 21.9 Å². The van der Waals surface area contributed by atoms with E-state index in [4.69, 9.17) is 9.47 Å². The first kappa shape index (κ1) is 19.9. The van der Waals surface area contributed by atoms with Crippen molar-refractivity contribution in [3.63, 3.8) is 0 Å². The molecule has 0 radical (unpaired) electrons. The molecule has 0 fully saturated rings. The van der Waals surface area contributed by atoms with Crippen molar-refractivity contribution in [1.82, 2.24) is 4.31 Å². The summed E-state index contributed by atoms with van der Waals surface area (Å²) in [5.74, 6) is -0.543. The van der Waals surface area contributed by atoms with Crippen molar-refractivity contribution in [3.8, 4) is 5.75 Å². The number of sulfonamides is 1. The second-order valence-electron chi connectivity index (χ2n) is 6.24. The minimum Gasteiger partial charge on any atom is -0.494 e. The van der Waals surface area contributed by atoms with Gasteiger partial charge in [-0.1, -0.05) is 25.5 Å². The van der Waals surface area contributed by atoms with Gasteiger partial charge in [-0.25, -0.2) is 17.5 Å². The van der Waals surface area contributed by atoms with Gasteiger partial charge in [-0.15, -0.1) is 0 Å². The van der Waals surface area contributed by atoms with Crippen molar-refractivity contribution in [2.75, 3.05) is 19.8 Å². The van der Waals surface area contributed by atoms with Crippen LogP contribution in [0.3, 0.4) is 0 Å². The molecule has 28 heavy (non-hydrogen) atoms. The first-order chi connectivity index (χ1) is 13.4. The van der Waals surface area contributed by atoms with Crippen LogP contribution in [0.5, 0.6) is 5.75 Å². The first-order valence-corrected chi connectivity index (χ1v) is 10.4. The van der Waals surface area contributed by atoms with Crippen LogP contribution in [0.15, 0.2) is 53.4 Å². The molecule has 0 saturated heterocycles. The SMILES string of the molecule is CCCCOc1ccc(C(=O)OCCN2C(=O)c3ccccc3S2(=O)=O)cc1. The third-order valence-corrected chi connectivity index (χ3v) is 6.14. The van der Waals surface area contributed by atoms with Gasteiger partial charge in [0.1, 0.15) is 17.3 Å². The van der Waals surface area contributed by atoms with E-state index in [-0.39, 0.29) is 23.6 Å². The van der Waals surface area contributed by atoms with E-state index >= 15 is 0 Å². The Morgan fingerprint density at radius 3 is 2.43 bits per heavy atom. The predicted octanol–water partition coefficient (Wildman–Crippen LogP) is 2.87. The molecule has 0 saturated carbocycles. The monoisotopic (exact) mass is 403 g/mol. The lowest BCUT2D eigenvalue weighted by Crippen LogP contribution is -2.33. The Kier molecular flexibility index (Phi) is 5.99. The summed E-state index contributed by atoms with van der Waals surface area (Å²) in [6.45, 7) is 2.22. The highest BCUT2D eigenvalue weighted by Gasteiger charge is 2.40. The van der Waals surface area contributed by atoms with Crippen LogP contribution in [0.2, 0.25) is 0 Å². The number of rotatable bonds is 8. The number of amides is 1. The van der Waals surface area contributed by atoms with Crippen LogP contribution in [-0.2, 0) is 14.8 Å². The molecule has 3 rings (SSSR count). The van der Waals surface area contributed by atoms with Gasteiger partial charge >= 0.3 is 5.97 Å². The normalized spacial score (nSPS) is 14.6. The van der Waals surface area contributed by atoms with E-state index in [0.29, 0.717) is 17.9 Å². The molecular formula is C20H21NO6S. The number of hydrogen-bond donors (Lipinski definition) is 0. The summed E-state index contributed by atoms with van der Waals surface area (Å²) in [6, 6.07) is 12.5. The van der Waals surface area contributed by atoms with Crippen molar-refractivity contribution in [1.29, 1.82) is 0 Å². The summed E-state index contributed by atoms with van der Waals surface area (Å²) in [6.07, 6.45) is 1.98. The summed E-state index contributed by atoms with van der Waals surface area (Å²) in [5, 5.41) is 0. The standard InChI is InChI=1S/C20H21NO6S/c1-2-3-13-26-16-10-8-15(9-11-16)20(23)27-14-12-21-19(22)17-6-4-5-7-18(17)28(21,24)25/h4-11H,2-3,12-14H2,1H3. The highest BCUT2D eigenvalue weighted by atomic mass is 32.2. The van der Waals surface area contributed by atoms with E-state index in [2.05, 4.69) is 6.92 Å². The maximum atomic E-state index is 12.4. The lowest BCUT2D eigenvalue weighted by Gasteiger charge is -2.15. The van der Waals surface area contributed by atoms with E-state index in [1.807, 2.05) is 0 Å². The molecule has 2 aromatic carbocycles. The van der Waals surface area contributed by atoms with Crippen molar-refractivity contribution < 1.29 is 27.5 Å². The molecule has 8 heteroatoms. The number of unbranched alkanes of at least 4 members (excludes halogenated alkanes) is 1. The maximum absolute atomic E-state index is 12.4. The van der Waals surface area contributed by atoms with E-state index < -0.39 is 21.9 Å². The summed E-state index contributed by atoms with van der Waals surface area (Å²) >= 11 is 0. The molecule has 0 atom stereocenters. The quantitative estimate of drug-likeness (QED) is 0.497. The van der Waals surface area contributed by atoms with E-state index in [9.17, 15) is 18.0 Å². The highest BCUT2D eigenvalue weighted by Crippen LogP contribution is 2.29. The van der Waals surface area contributed by atoms with Crippen LogP contribution in [0.1, 0.15) is 40.5 Å². The summed E-state index contributed by atoms with van der Waals surface area (Å²) in [4.78, 5) is 24.4. The number of nitrogens with zero attached hydrogens (tertiary/aromatic N) is 1. The fraction of sp³-hybridized carbons (Fsp3) is 0.300. The lowest BCUT2D eigenvalue weighted by atomic mass is 10.2. The molecule has 0 aliphatic carbocycles. The number of fused-ring (bicyclic) bond motifs is 1. The maximum Gasteiger partial charge on any atom is 0.338 e. The fourth-order valence-electron chi connectivity index (χ4n) is 2.78. The van der Waals surface area contributed by atoms with Gasteiger partial charge in [-0.3, -0.25) is 4.79 Å². The van der Waals surface area contributed by atoms with E-state index in [1.165, 1.54) is 12.1 Å². The van der Waals surface area contributed by atoms with E-state index in [0.717, 1.165) is 17.1 Å². The summed E-state index contributed by atoms with van der Waals surface area (Å²) in [7, 11) is -3.90. The summed E-state index contributed by atoms with van der Waals surface area (Å²) < 4.78 is 36.3. The largest absolute Gasteiger partial charge is 0.494 e. The summed E-state index contributed by atoms with van der Waals surface area (Å²) in [5.41, 5.74) is 0.453. The second kappa shape index (κ2) is 8.43. The Balaban J connectivity index is 1.55. The molecule has 1 aliphatic rings. The zero-order valence-electron chi connectivity index (χ0n) is 15.5. The minimum absolute atomic E-state index is 0.0232. The van der Waals surface area contributed by atoms with Crippen LogP contribution in [0.4, 0.5) is 0 Å². The van der Waals surface area contributed by atoms with Crippen LogP contribution < -0.4 is 4.74 Å². The number of ether oxygens (including phenoxy) is 2. The molecule has 0 spiro atoms. The molecule has 1 amide bonds. The fourth-order valence-corrected chi connectivity index (χ4v) is 4.33. The second-order valence-corrected chi connectivity index (χ2v) is 8.07. The average molecular weight is 403 g/mol. The topological polar surface area (TPSA) is 90.0 Å². The first-order valence-electron chi connectivity index (χ1n) is 9.01. The van der Waals surface area contributed by atoms with Gasteiger partial charge in [0.05, 0.1) is 24.3 Å². The van der Waals surface area contributed by atoms with Gasteiger partial charge in [-0.05, 0) is 42.8 Å². The molecule has 1 heterocycles. The van der Waals surface area contributed by atoms with Crippen LogP contribution >= 0.6 is 0 Å². The van der Waals surface area contributed by atoms with Gasteiger partial charge in [0.15, 0.2) is 0 Å². The molecule has 148 valence electrons. The molecule has 0 N–H and O–H groups in total. The number of carbonyl (C=O) groups excluding carboxylic acids is 2. The Bertz CT molecular complexity index is 968. The Labute approximate surface area is 163 Å². The zero-order chi connectivity index (χ0) is 20.1. The van der Waals surface area contributed by atoms with Gasteiger partial charge in [0.2, 0.25) is 0 Å². The average Bonchev–Trinajstić information content (AvgIpc) is 2.89. The number of esters is 1. The van der Waals surface area contributed by atoms with Crippen molar-refractivity contribution in [3.05, 3.63) is 59.7 Å². The highest BCUT2D eigenvalue weighted by molar-refractivity contribution is 7.90. The van der Waals surface area contributed by atoms with Crippen LogP contribution in [-0.4, -0.2) is 44.4 Å². The lowest BCUT2D eigenvalue weighted by molar-refractivity contribution is 0.0477. The molecule has 0 bridgehead atoms. The van der Waals surface area contributed by atoms with Gasteiger partial charge in [0.25, 0.3) is 15.9 Å². The van der Waals surface area contributed by atoms with Gasteiger partial charge in [-0.2, -0.15) is 0 Å². The molecule has 0 aromatic heterocycles. The number of hydrogen-bond acceptors (Lipinski definition) is 6. The Morgan fingerprint density at radius 2 is 1.75 bits per heavy atom. The third-order valence-electron chi connectivity index (χ3n) is 4.30. The third kappa shape index (κ3) is 4.01. The van der Waals surface area contributed by atoms with Crippen LogP contribution in [0.25, 0.3) is 0 Å². The zero-order valence-corrected chi connectivity index (χ0v) is 16.3. The van der Waals surface area contributed by atoms with Crippen molar-refractivity contribution in [2.45, 2.75) is 24.7 Å². The number of benzene rings is 2. The van der Waals surface area contributed by atoms with E-state index in [1.54, 1.807) is 36.4 Å². The van der Waals surface area contributed by atoms with Gasteiger partial charge in [0, 0.05) is 0 Å². The predicted molar refractivity (Wildman–Crippen MR) is 102 cm³/mol. The number of carbonyl (C=O) groups is 2. The molecule has 0 unspecified atom stereocenters. The molecular weight excluding hydrogens is 382 g/mol. The molecule has 2 aromatic rings. The molecule has 7 nitrogen and oxygen atoms in total. The smallest absolute Gasteiger partial charge is 0.338 e. The van der Waals surface area contributed by atoms with Gasteiger partial charge < -0.3 is 9.47 Å².